The number of carbonyl (C=O) groups is 2. The Labute approximate surface area is 145 Å². The van der Waals surface area contributed by atoms with E-state index >= 15 is 0 Å². The molecule has 0 atom stereocenters. The van der Waals surface area contributed by atoms with Crippen LogP contribution in [0.25, 0.3) is 11.3 Å². The summed E-state index contributed by atoms with van der Waals surface area (Å²) in [4.78, 5) is 26.2. The zero-order chi connectivity index (χ0) is 16.9. The Morgan fingerprint density at radius 1 is 1.21 bits per heavy atom. The third kappa shape index (κ3) is 3.76. The van der Waals surface area contributed by atoms with E-state index in [0.717, 1.165) is 31.5 Å². The molecule has 2 aromatic rings. The predicted octanol–water partition coefficient (Wildman–Crippen LogP) is 2.47. The van der Waals surface area contributed by atoms with E-state index in [1.165, 1.54) is 6.20 Å². The molecule has 1 fully saturated rings. The molecule has 24 heavy (non-hydrogen) atoms. The van der Waals surface area contributed by atoms with Gasteiger partial charge in [-0.15, -0.1) is 0 Å². The van der Waals surface area contributed by atoms with E-state index in [2.05, 4.69) is 15.5 Å². The second-order valence-electron chi connectivity index (χ2n) is 5.76. The summed E-state index contributed by atoms with van der Waals surface area (Å²) in [5.74, 6) is -0.152. The summed E-state index contributed by atoms with van der Waals surface area (Å²) in [6.07, 6.45) is 3.94. The lowest BCUT2D eigenvalue weighted by molar-refractivity contribution is -0.129. The van der Waals surface area contributed by atoms with E-state index in [1.54, 1.807) is 12.1 Å². The van der Waals surface area contributed by atoms with Gasteiger partial charge in [0.15, 0.2) is 0 Å². The first kappa shape index (κ1) is 16.5. The number of benzene rings is 1. The average Bonchev–Trinajstić information content (AvgIpc) is 3.27. The second kappa shape index (κ2) is 7.49. The lowest BCUT2D eigenvalue weighted by Gasteiger charge is -2.15. The average molecular weight is 347 g/mol. The Kier molecular flexibility index (Phi) is 5.15. The first-order chi connectivity index (χ1) is 11.6. The molecule has 0 bridgehead atoms. The fourth-order valence-electron chi connectivity index (χ4n) is 2.80. The van der Waals surface area contributed by atoms with Crippen molar-refractivity contribution in [3.8, 4) is 11.3 Å². The summed E-state index contributed by atoms with van der Waals surface area (Å²) in [6, 6.07) is 7.16. The van der Waals surface area contributed by atoms with Crippen molar-refractivity contribution >= 4 is 23.4 Å². The van der Waals surface area contributed by atoms with Crippen molar-refractivity contribution in [3.63, 3.8) is 0 Å². The van der Waals surface area contributed by atoms with Crippen LogP contribution in [0.4, 0.5) is 0 Å². The highest BCUT2D eigenvalue weighted by molar-refractivity contribution is 6.30. The zero-order valence-corrected chi connectivity index (χ0v) is 14.0. The molecule has 0 spiro atoms. The van der Waals surface area contributed by atoms with E-state index in [4.69, 9.17) is 11.6 Å². The highest BCUT2D eigenvalue weighted by atomic mass is 35.5. The van der Waals surface area contributed by atoms with Gasteiger partial charge in [0.25, 0.3) is 5.91 Å². The van der Waals surface area contributed by atoms with Gasteiger partial charge in [-0.05, 0) is 25.0 Å². The predicted molar refractivity (Wildman–Crippen MR) is 91.8 cm³/mol. The Morgan fingerprint density at radius 3 is 2.62 bits per heavy atom. The Hall–Kier alpha value is -2.34. The van der Waals surface area contributed by atoms with Crippen LogP contribution in [0.5, 0.6) is 0 Å². The van der Waals surface area contributed by atoms with Crippen molar-refractivity contribution < 1.29 is 9.59 Å². The highest BCUT2D eigenvalue weighted by Crippen LogP contribution is 2.22. The molecule has 7 heteroatoms. The van der Waals surface area contributed by atoms with Gasteiger partial charge in [-0.25, -0.2) is 0 Å². The number of aromatic amines is 1. The van der Waals surface area contributed by atoms with E-state index < -0.39 is 0 Å². The number of nitrogens with one attached hydrogen (secondary N) is 2. The molecule has 3 rings (SSSR count). The molecule has 2 N–H and O–H groups in total. The highest BCUT2D eigenvalue weighted by Gasteiger charge is 2.19. The van der Waals surface area contributed by atoms with Crippen molar-refractivity contribution in [1.29, 1.82) is 0 Å². The van der Waals surface area contributed by atoms with Crippen LogP contribution >= 0.6 is 11.6 Å². The van der Waals surface area contributed by atoms with Crippen molar-refractivity contribution in [2.45, 2.75) is 19.3 Å². The topological polar surface area (TPSA) is 78.1 Å². The fraction of sp³-hybridized carbons (Fsp3) is 0.353. The number of likely N-dealkylation sites (tertiary alicyclic amines) is 1. The largest absolute Gasteiger partial charge is 0.351 e. The Morgan fingerprint density at radius 2 is 1.92 bits per heavy atom. The summed E-state index contributed by atoms with van der Waals surface area (Å²) in [5.41, 5.74) is 1.91. The SMILES string of the molecule is O=C(NCCC(=O)N1CCCC1)c1cn[nH]c1-c1ccc(Cl)cc1. The van der Waals surface area contributed by atoms with Gasteiger partial charge in [0, 0.05) is 36.6 Å². The number of rotatable bonds is 5. The van der Waals surface area contributed by atoms with Crippen molar-refractivity contribution in [3.05, 3.63) is 41.0 Å². The molecule has 0 radical (unpaired) electrons. The summed E-state index contributed by atoms with van der Waals surface area (Å²) < 4.78 is 0. The van der Waals surface area contributed by atoms with Gasteiger partial charge in [0.05, 0.1) is 17.5 Å². The van der Waals surface area contributed by atoms with Crippen molar-refractivity contribution in [1.82, 2.24) is 20.4 Å². The summed E-state index contributed by atoms with van der Waals surface area (Å²) in [7, 11) is 0. The van der Waals surface area contributed by atoms with Crippen LogP contribution in [0.15, 0.2) is 30.5 Å². The number of carbonyl (C=O) groups excluding carboxylic acids is 2. The molecule has 1 aromatic carbocycles. The minimum absolute atomic E-state index is 0.0953. The van der Waals surface area contributed by atoms with Gasteiger partial charge in [0.2, 0.25) is 5.91 Å². The number of hydrogen-bond acceptors (Lipinski definition) is 3. The standard InChI is InChI=1S/C17H19ClN4O2/c18-13-5-3-12(4-6-13)16-14(11-20-21-16)17(24)19-8-7-15(23)22-9-1-2-10-22/h3-6,11H,1-2,7-10H2,(H,19,24)(H,20,21). The lowest BCUT2D eigenvalue weighted by atomic mass is 10.1. The zero-order valence-electron chi connectivity index (χ0n) is 13.2. The lowest BCUT2D eigenvalue weighted by Crippen LogP contribution is -2.32. The van der Waals surface area contributed by atoms with Crippen LogP contribution in [0.2, 0.25) is 5.02 Å². The molecule has 1 aromatic heterocycles. The number of H-pyrrole nitrogens is 1. The van der Waals surface area contributed by atoms with Gasteiger partial charge in [-0.3, -0.25) is 14.7 Å². The minimum atomic E-state index is -0.247. The first-order valence-electron chi connectivity index (χ1n) is 8.00. The van der Waals surface area contributed by atoms with Gasteiger partial charge >= 0.3 is 0 Å². The molecule has 6 nitrogen and oxygen atoms in total. The molecule has 1 saturated heterocycles. The smallest absolute Gasteiger partial charge is 0.255 e. The van der Waals surface area contributed by atoms with E-state index in [9.17, 15) is 9.59 Å². The van der Waals surface area contributed by atoms with Gasteiger partial charge < -0.3 is 10.2 Å². The monoisotopic (exact) mass is 346 g/mol. The number of amides is 2. The molecule has 126 valence electrons. The van der Waals surface area contributed by atoms with Crippen LogP contribution in [-0.4, -0.2) is 46.5 Å². The molecular formula is C17H19ClN4O2. The molecule has 0 aliphatic carbocycles. The van der Waals surface area contributed by atoms with Gasteiger partial charge in [0.1, 0.15) is 0 Å². The third-order valence-electron chi connectivity index (χ3n) is 4.10. The summed E-state index contributed by atoms with van der Waals surface area (Å²) in [5, 5.41) is 10.2. The number of hydrogen-bond donors (Lipinski definition) is 2. The van der Waals surface area contributed by atoms with E-state index in [0.29, 0.717) is 29.2 Å². The number of aromatic nitrogens is 2. The number of halogens is 1. The van der Waals surface area contributed by atoms with Crippen molar-refractivity contribution in [2.24, 2.45) is 0 Å². The normalized spacial score (nSPS) is 14.0. The molecule has 0 unspecified atom stereocenters. The van der Waals surface area contributed by atoms with Gasteiger partial charge in [-0.1, -0.05) is 23.7 Å². The molecular weight excluding hydrogens is 328 g/mol. The maximum absolute atomic E-state index is 12.3. The fourth-order valence-corrected chi connectivity index (χ4v) is 2.92. The Bertz CT molecular complexity index is 720. The van der Waals surface area contributed by atoms with Crippen molar-refractivity contribution in [2.75, 3.05) is 19.6 Å². The molecule has 1 aliphatic rings. The molecule has 0 saturated carbocycles. The van der Waals surface area contributed by atoms with Crippen LogP contribution in [0, 0.1) is 0 Å². The molecule has 2 heterocycles. The van der Waals surface area contributed by atoms with Crippen LogP contribution in [0.3, 0.4) is 0 Å². The van der Waals surface area contributed by atoms with E-state index in [-0.39, 0.29) is 11.8 Å². The first-order valence-corrected chi connectivity index (χ1v) is 8.38. The summed E-state index contributed by atoms with van der Waals surface area (Å²) in [6.45, 7) is 1.98. The summed E-state index contributed by atoms with van der Waals surface area (Å²) >= 11 is 5.89. The second-order valence-corrected chi connectivity index (χ2v) is 6.20. The van der Waals surface area contributed by atoms with E-state index in [1.807, 2.05) is 17.0 Å². The Balaban J connectivity index is 1.58. The van der Waals surface area contributed by atoms with Crippen LogP contribution in [-0.2, 0) is 4.79 Å². The minimum Gasteiger partial charge on any atom is -0.351 e. The van der Waals surface area contributed by atoms with Gasteiger partial charge in [-0.2, -0.15) is 5.10 Å². The molecule has 2 amide bonds. The quantitative estimate of drug-likeness (QED) is 0.873. The third-order valence-corrected chi connectivity index (χ3v) is 4.35. The molecule has 1 aliphatic heterocycles. The number of nitrogens with zero attached hydrogens (tertiary/aromatic N) is 2. The van der Waals surface area contributed by atoms with Crippen LogP contribution in [0.1, 0.15) is 29.6 Å². The maximum Gasteiger partial charge on any atom is 0.255 e. The maximum atomic E-state index is 12.3. The van der Waals surface area contributed by atoms with Crippen LogP contribution < -0.4 is 5.32 Å².